The van der Waals surface area contributed by atoms with Crippen LogP contribution >= 0.6 is 11.3 Å². The number of ether oxygens (including phenoxy) is 2. The predicted octanol–water partition coefficient (Wildman–Crippen LogP) is 5.69. The second-order valence-corrected chi connectivity index (χ2v) is 13.2. The molecule has 3 aliphatic rings. The van der Waals surface area contributed by atoms with Crippen molar-refractivity contribution in [1.82, 2.24) is 34.8 Å². The number of carbonyl (C=O) groups excluding carboxylic acids is 1. The van der Waals surface area contributed by atoms with Crippen LogP contribution < -0.4 is 4.90 Å². The maximum Gasteiger partial charge on any atom is 0.410 e. The minimum Gasteiger partial charge on any atom is -0.444 e. The molecule has 2 atom stereocenters. The van der Waals surface area contributed by atoms with E-state index in [2.05, 4.69) is 38.5 Å². The summed E-state index contributed by atoms with van der Waals surface area (Å²) in [5, 5.41) is 13.7. The highest BCUT2D eigenvalue weighted by atomic mass is 32.1. The summed E-state index contributed by atoms with van der Waals surface area (Å²) in [5.74, 6) is 0.579. The fourth-order valence-electron chi connectivity index (χ4n) is 5.90. The van der Waals surface area contributed by atoms with E-state index in [-0.39, 0.29) is 24.4 Å². The van der Waals surface area contributed by atoms with Gasteiger partial charge < -0.3 is 19.3 Å². The van der Waals surface area contributed by atoms with E-state index in [1.165, 1.54) is 0 Å². The number of nitrogens with zero attached hydrogens (tertiary/aromatic N) is 8. The number of rotatable bonds is 6. The Balaban J connectivity index is 1.08. The first-order valence-electron chi connectivity index (χ1n) is 14.8. The molecule has 3 fully saturated rings. The van der Waals surface area contributed by atoms with E-state index in [4.69, 9.17) is 19.4 Å². The van der Waals surface area contributed by atoms with Crippen LogP contribution in [-0.4, -0.2) is 78.3 Å². The maximum absolute atomic E-state index is 13.0. The van der Waals surface area contributed by atoms with Crippen molar-refractivity contribution in [2.45, 2.75) is 83.2 Å². The van der Waals surface area contributed by atoms with Gasteiger partial charge in [0.05, 0.1) is 34.2 Å². The average Bonchev–Trinajstić information content (AvgIpc) is 3.36. The van der Waals surface area contributed by atoms with E-state index in [1.807, 2.05) is 42.1 Å². The fourth-order valence-corrected chi connectivity index (χ4v) is 6.74. The molecule has 1 amide bonds. The van der Waals surface area contributed by atoms with Gasteiger partial charge in [-0.3, -0.25) is 0 Å². The lowest BCUT2D eigenvalue weighted by atomic mass is 10.0. The smallest absolute Gasteiger partial charge is 0.410 e. The van der Waals surface area contributed by atoms with Crippen LogP contribution in [0.5, 0.6) is 0 Å². The Kier molecular flexibility index (Phi) is 7.05. The lowest BCUT2D eigenvalue weighted by Crippen LogP contribution is -2.46. The van der Waals surface area contributed by atoms with Gasteiger partial charge in [0.25, 0.3) is 0 Å². The molecule has 3 aromatic heterocycles. The van der Waals surface area contributed by atoms with Gasteiger partial charge in [0.1, 0.15) is 17.5 Å². The number of aromatic nitrogens is 6. The first-order chi connectivity index (χ1) is 20.3. The van der Waals surface area contributed by atoms with Crippen LogP contribution in [0.25, 0.3) is 32.6 Å². The van der Waals surface area contributed by atoms with Crippen molar-refractivity contribution < 1.29 is 14.3 Å². The molecule has 2 saturated heterocycles. The van der Waals surface area contributed by atoms with Gasteiger partial charge in [0.2, 0.25) is 5.95 Å². The van der Waals surface area contributed by atoms with Crippen molar-refractivity contribution >= 4 is 33.6 Å². The molecule has 4 aromatic rings. The lowest BCUT2D eigenvalue weighted by molar-refractivity contribution is -0.0394. The molecule has 1 saturated carbocycles. The van der Waals surface area contributed by atoms with Crippen molar-refractivity contribution in [3.63, 3.8) is 0 Å². The number of anilines is 1. The van der Waals surface area contributed by atoms with Crippen LogP contribution in [0.2, 0.25) is 0 Å². The second kappa shape index (κ2) is 10.9. The summed E-state index contributed by atoms with van der Waals surface area (Å²) in [6.45, 7) is 7.95. The summed E-state index contributed by atoms with van der Waals surface area (Å²) < 4.78 is 14.6. The third-order valence-corrected chi connectivity index (χ3v) is 8.92. The summed E-state index contributed by atoms with van der Waals surface area (Å²) >= 11 is 1.58. The molecular formula is C30H36N8O3S. The molecule has 1 aliphatic carbocycles. The van der Waals surface area contributed by atoms with Crippen LogP contribution in [0.15, 0.2) is 36.2 Å². The topological polar surface area (TPSA) is 111 Å². The first-order valence-corrected chi connectivity index (χ1v) is 15.7. The molecule has 0 bridgehead atoms. The average molecular weight is 589 g/mol. The first kappa shape index (κ1) is 27.2. The number of fused-ring (bicyclic) bond motifs is 1. The minimum absolute atomic E-state index is 0.00228. The quantitative estimate of drug-likeness (QED) is 0.280. The highest BCUT2D eigenvalue weighted by Gasteiger charge is 2.42. The number of thiazole rings is 1. The number of benzene rings is 1. The molecule has 11 nitrogen and oxygen atoms in total. The highest BCUT2D eigenvalue weighted by molar-refractivity contribution is 7.17. The molecule has 7 rings (SSSR count). The van der Waals surface area contributed by atoms with Crippen molar-refractivity contribution in [1.29, 1.82) is 0 Å². The van der Waals surface area contributed by atoms with Crippen molar-refractivity contribution in [2.75, 3.05) is 24.6 Å². The zero-order valence-electron chi connectivity index (χ0n) is 24.3. The Morgan fingerprint density at radius 3 is 2.64 bits per heavy atom. The van der Waals surface area contributed by atoms with Crippen LogP contribution in [-0.2, 0) is 9.47 Å². The second-order valence-electron chi connectivity index (χ2n) is 12.4. The van der Waals surface area contributed by atoms with Crippen molar-refractivity contribution in [3.05, 3.63) is 36.2 Å². The number of carbonyl (C=O) groups is 1. The summed E-state index contributed by atoms with van der Waals surface area (Å²) in [6, 6.07) is 4.49. The molecule has 1 aromatic carbocycles. The number of hydrogen-bond acceptors (Lipinski definition) is 10. The third kappa shape index (κ3) is 5.45. The molecule has 0 N–H and O–H groups in total. The Morgan fingerprint density at radius 1 is 1.05 bits per heavy atom. The number of hydrogen-bond donors (Lipinski definition) is 0. The molecule has 5 heterocycles. The van der Waals surface area contributed by atoms with Gasteiger partial charge in [-0.25, -0.2) is 19.4 Å². The van der Waals surface area contributed by atoms with Crippen LogP contribution in [0.3, 0.4) is 0 Å². The van der Waals surface area contributed by atoms with Crippen LogP contribution in [0.4, 0.5) is 10.7 Å². The SMILES string of the molecule is CC(C)(C)OC(=O)N(C1CC1)C1CCN(c2ncc(-c3ccc(-c4cnn(C5CCCCO5)c4)c4ncsc34)nn2)C1. The molecule has 2 aliphatic heterocycles. The third-order valence-electron chi connectivity index (χ3n) is 8.06. The molecule has 2 unspecified atom stereocenters. The molecular weight excluding hydrogens is 552 g/mol. The van der Waals surface area contributed by atoms with Gasteiger partial charge in [0.15, 0.2) is 0 Å². The van der Waals surface area contributed by atoms with Gasteiger partial charge in [-0.05, 0) is 59.3 Å². The summed E-state index contributed by atoms with van der Waals surface area (Å²) in [6.07, 6.45) is 11.7. The van der Waals surface area contributed by atoms with E-state index >= 15 is 0 Å². The van der Waals surface area contributed by atoms with E-state index in [0.29, 0.717) is 18.2 Å². The standard InChI is InChI=1S/C30H36N8O3S/c1-30(2,3)41-29(39)38(20-7-8-20)21-11-12-36(17-21)28-31-15-24(34-35-28)23-10-9-22(26-27(23)42-18-32-26)19-14-33-37(16-19)25-6-4-5-13-40-25/h9-10,14-16,18,20-21,25H,4-8,11-13,17H2,1-3H3. The normalized spacial score (nSPS) is 21.2. The van der Waals surface area contributed by atoms with E-state index in [0.717, 1.165) is 78.6 Å². The van der Waals surface area contributed by atoms with Gasteiger partial charge in [-0.1, -0.05) is 12.1 Å². The largest absolute Gasteiger partial charge is 0.444 e. The van der Waals surface area contributed by atoms with Gasteiger partial charge in [-0.15, -0.1) is 21.5 Å². The Morgan fingerprint density at radius 2 is 1.90 bits per heavy atom. The Labute approximate surface area is 248 Å². The van der Waals surface area contributed by atoms with E-state index in [1.54, 1.807) is 17.5 Å². The molecule has 42 heavy (non-hydrogen) atoms. The van der Waals surface area contributed by atoms with Crippen LogP contribution in [0, 0.1) is 0 Å². The number of amides is 1. The fraction of sp³-hybridized carbons (Fsp3) is 0.533. The Hall–Kier alpha value is -3.64. The summed E-state index contributed by atoms with van der Waals surface area (Å²) in [7, 11) is 0. The molecule has 220 valence electrons. The highest BCUT2D eigenvalue weighted by Crippen LogP contribution is 2.37. The predicted molar refractivity (Wildman–Crippen MR) is 160 cm³/mol. The van der Waals surface area contributed by atoms with E-state index in [9.17, 15) is 4.79 Å². The van der Waals surface area contributed by atoms with Gasteiger partial charge in [0, 0.05) is 48.6 Å². The molecule has 0 spiro atoms. The minimum atomic E-state index is -0.515. The maximum atomic E-state index is 13.0. The lowest BCUT2D eigenvalue weighted by Gasteiger charge is -2.31. The molecule has 12 heteroatoms. The van der Waals surface area contributed by atoms with E-state index < -0.39 is 5.60 Å². The zero-order chi connectivity index (χ0) is 28.8. The zero-order valence-corrected chi connectivity index (χ0v) is 25.1. The van der Waals surface area contributed by atoms with Gasteiger partial charge in [-0.2, -0.15) is 5.10 Å². The van der Waals surface area contributed by atoms with Crippen molar-refractivity contribution in [2.24, 2.45) is 0 Å². The summed E-state index contributed by atoms with van der Waals surface area (Å²) in [4.78, 5) is 26.4. The van der Waals surface area contributed by atoms with Crippen molar-refractivity contribution in [3.8, 4) is 22.4 Å². The van der Waals surface area contributed by atoms with Crippen LogP contribution in [0.1, 0.15) is 65.5 Å². The Bertz CT molecular complexity index is 1570. The molecule has 0 radical (unpaired) electrons. The summed E-state index contributed by atoms with van der Waals surface area (Å²) in [5.41, 5.74) is 5.97. The monoisotopic (exact) mass is 588 g/mol. The van der Waals surface area contributed by atoms with Gasteiger partial charge >= 0.3 is 6.09 Å².